The predicted molar refractivity (Wildman–Crippen MR) is 118 cm³/mol. The lowest BCUT2D eigenvalue weighted by Crippen LogP contribution is -2.48. The highest BCUT2D eigenvalue weighted by atomic mass is 16.5. The lowest BCUT2D eigenvalue weighted by Gasteiger charge is -2.44. The van der Waals surface area contributed by atoms with Gasteiger partial charge in [-0.25, -0.2) is 0 Å². The van der Waals surface area contributed by atoms with Gasteiger partial charge in [-0.15, -0.1) is 6.58 Å². The molecule has 0 aromatic heterocycles. The summed E-state index contributed by atoms with van der Waals surface area (Å²) in [7, 11) is 0. The van der Waals surface area contributed by atoms with Gasteiger partial charge in [-0.05, 0) is 29.5 Å². The zero-order valence-corrected chi connectivity index (χ0v) is 16.9. The zero-order chi connectivity index (χ0) is 20.4. The number of fused-ring (bicyclic) bond motifs is 5. The first-order chi connectivity index (χ1) is 14.7. The molecule has 1 aliphatic carbocycles. The van der Waals surface area contributed by atoms with E-state index in [1.807, 2.05) is 0 Å². The van der Waals surface area contributed by atoms with Crippen LogP contribution in [-0.4, -0.2) is 17.3 Å². The Morgan fingerprint density at radius 2 is 1.33 bits per heavy atom. The molecule has 1 N–H and O–H groups in total. The Bertz CT molecular complexity index is 1080. The van der Waals surface area contributed by atoms with E-state index in [2.05, 4.69) is 104 Å². The van der Waals surface area contributed by atoms with Crippen LogP contribution in [0.1, 0.15) is 29.5 Å². The molecule has 3 aliphatic rings. The Balaban J connectivity index is 1.72. The van der Waals surface area contributed by atoms with Crippen LogP contribution in [0.25, 0.3) is 0 Å². The van der Waals surface area contributed by atoms with Gasteiger partial charge in [-0.2, -0.15) is 0 Å². The Morgan fingerprint density at radius 1 is 0.800 bits per heavy atom. The van der Waals surface area contributed by atoms with Crippen LogP contribution < -0.4 is 0 Å². The summed E-state index contributed by atoms with van der Waals surface area (Å²) < 4.78 is 7.00. The van der Waals surface area contributed by atoms with Gasteiger partial charge in [0, 0.05) is 16.7 Å². The van der Waals surface area contributed by atoms with Crippen LogP contribution in [0.5, 0.6) is 0 Å². The van der Waals surface area contributed by atoms with Crippen molar-refractivity contribution in [1.29, 1.82) is 0 Å². The Hall–Kier alpha value is -2.68. The first kappa shape index (κ1) is 18.1. The summed E-state index contributed by atoms with van der Waals surface area (Å²) in [5, 5.41) is 11.2. The maximum atomic E-state index is 11.2. The quantitative estimate of drug-likeness (QED) is 0.622. The summed E-state index contributed by atoms with van der Waals surface area (Å²) in [6.45, 7) is 4.29. The second-order valence-corrected chi connectivity index (χ2v) is 8.96. The maximum absolute atomic E-state index is 11.2. The summed E-state index contributed by atoms with van der Waals surface area (Å²) >= 11 is 0. The fourth-order valence-electron chi connectivity index (χ4n) is 7.20. The highest BCUT2D eigenvalue weighted by Crippen LogP contribution is 2.85. The smallest absolute Gasteiger partial charge is 0.105 e. The normalized spacial score (nSPS) is 38.6. The van der Waals surface area contributed by atoms with Gasteiger partial charge < -0.3 is 9.84 Å². The van der Waals surface area contributed by atoms with E-state index in [0.29, 0.717) is 0 Å². The molecule has 1 saturated carbocycles. The van der Waals surface area contributed by atoms with Crippen molar-refractivity contribution in [3.05, 3.63) is 120 Å². The summed E-state index contributed by atoms with van der Waals surface area (Å²) in [6, 6.07) is 32.1. The molecule has 3 fully saturated rings. The van der Waals surface area contributed by atoms with Crippen LogP contribution in [0.2, 0.25) is 0 Å². The number of ether oxygens (including phenoxy) is 1. The molecule has 0 amide bonds. The summed E-state index contributed by atoms with van der Waals surface area (Å²) in [4.78, 5) is 0. The van der Waals surface area contributed by atoms with E-state index < -0.39 is 11.7 Å². The topological polar surface area (TPSA) is 29.5 Å². The van der Waals surface area contributed by atoms with Gasteiger partial charge in [0.25, 0.3) is 0 Å². The molecule has 2 bridgehead atoms. The maximum Gasteiger partial charge on any atom is 0.105 e. The molecular weight excluding hydrogens is 368 g/mol. The number of benzene rings is 3. The molecule has 3 aromatic carbocycles. The molecule has 6 rings (SSSR count). The van der Waals surface area contributed by atoms with Crippen molar-refractivity contribution in [3.8, 4) is 0 Å². The van der Waals surface area contributed by atoms with Gasteiger partial charge in [-0.1, -0.05) is 97.1 Å². The zero-order valence-electron chi connectivity index (χ0n) is 16.9. The number of hydrogen-bond donors (Lipinski definition) is 1. The van der Waals surface area contributed by atoms with E-state index in [0.717, 1.165) is 12.8 Å². The number of aliphatic hydroxyl groups excluding tert-OH is 1. The van der Waals surface area contributed by atoms with E-state index in [1.165, 1.54) is 16.7 Å². The number of rotatable bonds is 4. The van der Waals surface area contributed by atoms with Gasteiger partial charge in [0.1, 0.15) is 5.60 Å². The third-order valence-corrected chi connectivity index (χ3v) is 8.04. The largest absolute Gasteiger partial charge is 0.390 e. The van der Waals surface area contributed by atoms with Gasteiger partial charge in [-0.3, -0.25) is 0 Å². The highest BCUT2D eigenvalue weighted by Gasteiger charge is 2.92. The van der Waals surface area contributed by atoms with Gasteiger partial charge in [0.15, 0.2) is 0 Å². The molecular formula is C28H26O2. The summed E-state index contributed by atoms with van der Waals surface area (Å²) in [5.41, 5.74) is 2.60. The fourth-order valence-corrected chi connectivity index (χ4v) is 7.20. The molecule has 2 heterocycles. The van der Waals surface area contributed by atoms with Crippen LogP contribution in [0.3, 0.4) is 0 Å². The van der Waals surface area contributed by atoms with Crippen LogP contribution >= 0.6 is 0 Å². The molecule has 2 aliphatic heterocycles. The summed E-state index contributed by atoms with van der Waals surface area (Å²) in [6.07, 6.45) is 2.90. The highest BCUT2D eigenvalue weighted by molar-refractivity contribution is 5.64. The average Bonchev–Trinajstić information content (AvgIpc) is 3.39. The fraction of sp³-hybridized carbons (Fsp3) is 0.286. The lowest BCUT2D eigenvalue weighted by atomic mass is 9.68. The molecule has 3 aromatic rings. The van der Waals surface area contributed by atoms with Crippen molar-refractivity contribution in [1.82, 2.24) is 0 Å². The van der Waals surface area contributed by atoms with Crippen molar-refractivity contribution < 1.29 is 9.84 Å². The summed E-state index contributed by atoms with van der Waals surface area (Å²) in [5.74, 6) is 0.184. The van der Waals surface area contributed by atoms with E-state index >= 15 is 0 Å². The standard InChI is InChI=1S/C28H26O2/c1-2-24-27(21-14-8-4-9-15-21)25-23(29)18-19-26(30-25,20-12-6-3-7-13-20)28(24,27)22-16-10-5-11-17-22/h2-17,23-25,29H,1,18-19H2. The first-order valence-electron chi connectivity index (χ1n) is 10.9. The van der Waals surface area contributed by atoms with Crippen LogP contribution in [-0.2, 0) is 21.2 Å². The van der Waals surface area contributed by atoms with Crippen LogP contribution in [0, 0.1) is 5.92 Å². The molecule has 2 heteroatoms. The van der Waals surface area contributed by atoms with E-state index in [9.17, 15) is 5.11 Å². The lowest BCUT2D eigenvalue weighted by molar-refractivity contribution is -0.169. The van der Waals surface area contributed by atoms with Crippen molar-refractivity contribution >= 4 is 0 Å². The van der Waals surface area contributed by atoms with E-state index in [1.54, 1.807) is 0 Å². The monoisotopic (exact) mass is 394 g/mol. The second-order valence-electron chi connectivity index (χ2n) is 8.96. The molecule has 6 atom stereocenters. The molecule has 150 valence electrons. The van der Waals surface area contributed by atoms with Crippen LogP contribution in [0.4, 0.5) is 0 Å². The predicted octanol–water partition coefficient (Wildman–Crippen LogP) is 5.13. The molecule has 2 nitrogen and oxygen atoms in total. The third kappa shape index (κ3) is 1.84. The third-order valence-electron chi connectivity index (χ3n) is 8.04. The SMILES string of the molecule is C=CC1C2(c3ccccc3)C3OC(c4ccccc4)(CCC3O)C12c1ccccc1. The molecule has 30 heavy (non-hydrogen) atoms. The average molecular weight is 395 g/mol. The Morgan fingerprint density at radius 3 is 1.90 bits per heavy atom. The molecule has 0 radical (unpaired) electrons. The Kier molecular flexibility index (Phi) is 3.72. The minimum atomic E-state index is -0.492. The molecule has 6 unspecified atom stereocenters. The number of hydrogen-bond acceptors (Lipinski definition) is 2. The number of aliphatic hydroxyl groups is 1. The minimum absolute atomic E-state index is 0.184. The van der Waals surface area contributed by atoms with Crippen LogP contribution in [0.15, 0.2) is 104 Å². The second kappa shape index (κ2) is 6.16. The van der Waals surface area contributed by atoms with Crippen molar-refractivity contribution in [2.24, 2.45) is 5.92 Å². The molecule has 2 saturated heterocycles. The van der Waals surface area contributed by atoms with Crippen molar-refractivity contribution in [3.63, 3.8) is 0 Å². The van der Waals surface area contributed by atoms with Crippen molar-refractivity contribution in [2.75, 3.05) is 0 Å². The minimum Gasteiger partial charge on any atom is -0.390 e. The van der Waals surface area contributed by atoms with Gasteiger partial charge in [0.2, 0.25) is 0 Å². The van der Waals surface area contributed by atoms with Gasteiger partial charge in [0.05, 0.1) is 12.2 Å². The Labute approximate surface area is 177 Å². The van der Waals surface area contributed by atoms with E-state index in [4.69, 9.17) is 4.74 Å². The van der Waals surface area contributed by atoms with E-state index in [-0.39, 0.29) is 22.9 Å². The first-order valence-corrected chi connectivity index (χ1v) is 10.9. The van der Waals surface area contributed by atoms with Crippen molar-refractivity contribution in [2.45, 2.75) is 41.5 Å². The molecule has 0 spiro atoms. The number of allylic oxidation sites excluding steroid dienone is 1. The van der Waals surface area contributed by atoms with Gasteiger partial charge >= 0.3 is 0 Å².